The van der Waals surface area contributed by atoms with Gasteiger partial charge in [-0.2, -0.15) is 4.31 Å². The lowest BCUT2D eigenvalue weighted by atomic mass is 9.99. The van der Waals surface area contributed by atoms with E-state index in [2.05, 4.69) is 15.5 Å². The number of hydrogen-bond acceptors (Lipinski definition) is 9. The molecular weight excluding hydrogens is 512 g/mol. The van der Waals surface area contributed by atoms with Gasteiger partial charge in [0.1, 0.15) is 0 Å². The summed E-state index contributed by atoms with van der Waals surface area (Å²) in [5.41, 5.74) is 0.533. The van der Waals surface area contributed by atoms with Crippen LogP contribution in [0.1, 0.15) is 33.6 Å². The van der Waals surface area contributed by atoms with Gasteiger partial charge in [0.2, 0.25) is 27.6 Å². The van der Waals surface area contributed by atoms with E-state index in [0.29, 0.717) is 62.0 Å². The lowest BCUT2D eigenvalue weighted by Gasteiger charge is -2.30. The summed E-state index contributed by atoms with van der Waals surface area (Å²) >= 11 is 0. The van der Waals surface area contributed by atoms with Crippen molar-refractivity contribution in [2.45, 2.75) is 38.5 Å². The van der Waals surface area contributed by atoms with E-state index >= 15 is 0 Å². The smallest absolute Gasteiger partial charge is 0.322 e. The third-order valence-electron chi connectivity index (χ3n) is 5.95. The quantitative estimate of drug-likeness (QED) is 0.381. The first kappa shape index (κ1) is 27.4. The summed E-state index contributed by atoms with van der Waals surface area (Å²) in [5.74, 6) is 0.645. The molecule has 1 aromatic heterocycles. The van der Waals surface area contributed by atoms with E-state index in [9.17, 15) is 13.2 Å². The van der Waals surface area contributed by atoms with E-state index in [1.54, 1.807) is 42.5 Å². The minimum Gasteiger partial charge on any atom is -0.490 e. The summed E-state index contributed by atoms with van der Waals surface area (Å²) in [6.45, 7) is 7.28. The van der Waals surface area contributed by atoms with E-state index in [0.717, 1.165) is 0 Å². The van der Waals surface area contributed by atoms with Gasteiger partial charge in [-0.15, -0.1) is 5.10 Å². The third-order valence-corrected chi connectivity index (χ3v) is 7.83. The number of carbonyl (C=O) groups excluding carboxylic acids is 1. The van der Waals surface area contributed by atoms with Crippen LogP contribution in [0.25, 0.3) is 11.5 Å². The van der Waals surface area contributed by atoms with Crippen LogP contribution in [0, 0.1) is 5.92 Å². The van der Waals surface area contributed by atoms with Crippen molar-refractivity contribution in [3.63, 3.8) is 0 Å². The lowest BCUT2D eigenvalue weighted by Crippen LogP contribution is -2.43. The Labute approximate surface area is 222 Å². The zero-order chi connectivity index (χ0) is 27.1. The van der Waals surface area contributed by atoms with Gasteiger partial charge in [-0.25, -0.2) is 8.42 Å². The van der Waals surface area contributed by atoms with Gasteiger partial charge in [0, 0.05) is 18.7 Å². The molecule has 1 unspecified atom stereocenters. The highest BCUT2D eigenvalue weighted by Crippen LogP contribution is 2.42. The first-order valence-electron chi connectivity index (χ1n) is 12.6. The fourth-order valence-electron chi connectivity index (χ4n) is 4.23. The minimum atomic E-state index is -3.69. The Hall–Kier alpha value is -3.64. The normalized spacial score (nSPS) is 16.1. The molecule has 12 heteroatoms. The molecule has 0 radical (unpaired) electrons. The fraction of sp³-hybridized carbons (Fsp3) is 0.423. The second-order valence-electron chi connectivity index (χ2n) is 8.52. The number of nitrogens with zero attached hydrogens (tertiary/aromatic N) is 3. The summed E-state index contributed by atoms with van der Waals surface area (Å²) in [5, 5.41) is 10.7. The van der Waals surface area contributed by atoms with Gasteiger partial charge in [-0.1, -0.05) is 23.3 Å². The first-order chi connectivity index (χ1) is 18.4. The van der Waals surface area contributed by atoms with E-state index in [1.165, 1.54) is 4.31 Å². The molecule has 1 aliphatic heterocycles. The van der Waals surface area contributed by atoms with Gasteiger partial charge in [0.25, 0.3) is 0 Å². The summed E-state index contributed by atoms with van der Waals surface area (Å²) in [6.07, 6.45) is 1.10. The van der Waals surface area contributed by atoms with Crippen LogP contribution < -0.4 is 19.5 Å². The zero-order valence-electron chi connectivity index (χ0n) is 21.7. The maximum absolute atomic E-state index is 13.0. The number of carbonyl (C=O) groups is 1. The van der Waals surface area contributed by atoms with Crippen molar-refractivity contribution >= 4 is 21.9 Å². The van der Waals surface area contributed by atoms with Gasteiger partial charge >= 0.3 is 6.01 Å². The van der Waals surface area contributed by atoms with Crippen LogP contribution in [0.15, 0.2) is 51.8 Å². The molecule has 1 fully saturated rings. The van der Waals surface area contributed by atoms with Crippen LogP contribution in [-0.4, -0.2) is 61.7 Å². The van der Waals surface area contributed by atoms with Crippen LogP contribution in [0.4, 0.5) is 6.01 Å². The van der Waals surface area contributed by atoms with Gasteiger partial charge in [-0.05, 0) is 57.9 Å². The molecule has 0 saturated carbocycles. The number of rotatable bonds is 11. The first-order valence-corrected chi connectivity index (χ1v) is 14.1. The van der Waals surface area contributed by atoms with Crippen molar-refractivity contribution < 1.29 is 31.8 Å². The molecule has 0 spiro atoms. The van der Waals surface area contributed by atoms with Crippen molar-refractivity contribution in [3.8, 4) is 28.7 Å². The standard InChI is InChI=1S/C26H32N4O7S/c1-4-34-21-15-19(16-22(35-5-2)23(21)36-6-3)25-28-29-26(37-25)27-24(31)18-11-10-14-30(17-18)38(32,33)20-12-8-7-9-13-20/h7-9,12-13,15-16,18H,4-6,10-11,14,17H2,1-3H3,(H,27,29,31). The van der Waals surface area contributed by atoms with Gasteiger partial charge < -0.3 is 18.6 Å². The fourth-order valence-corrected chi connectivity index (χ4v) is 5.77. The Bertz CT molecular complexity index is 1320. The Kier molecular flexibility index (Phi) is 8.85. The average molecular weight is 545 g/mol. The number of anilines is 1. The van der Waals surface area contributed by atoms with Crippen LogP contribution in [0.2, 0.25) is 0 Å². The summed E-state index contributed by atoms with van der Waals surface area (Å²) in [4.78, 5) is 13.2. The maximum Gasteiger partial charge on any atom is 0.322 e. The van der Waals surface area contributed by atoms with Crippen molar-refractivity contribution in [3.05, 3.63) is 42.5 Å². The molecule has 0 bridgehead atoms. The predicted octanol–water partition coefficient (Wildman–Crippen LogP) is 3.97. The minimum absolute atomic E-state index is 0.0678. The molecule has 2 heterocycles. The summed E-state index contributed by atoms with van der Waals surface area (Å²) in [7, 11) is -3.69. The number of nitrogens with one attached hydrogen (secondary N) is 1. The second-order valence-corrected chi connectivity index (χ2v) is 10.5. The maximum atomic E-state index is 13.0. The van der Waals surface area contributed by atoms with E-state index in [1.807, 2.05) is 20.8 Å². The van der Waals surface area contributed by atoms with Crippen LogP contribution in [0.3, 0.4) is 0 Å². The number of aromatic nitrogens is 2. The summed E-state index contributed by atoms with van der Waals surface area (Å²) < 4.78 is 50.3. The Balaban J connectivity index is 1.49. The Morgan fingerprint density at radius 1 is 1.03 bits per heavy atom. The predicted molar refractivity (Wildman–Crippen MR) is 140 cm³/mol. The Morgan fingerprint density at radius 2 is 1.68 bits per heavy atom. The highest BCUT2D eigenvalue weighted by molar-refractivity contribution is 7.89. The molecule has 4 rings (SSSR count). The number of hydrogen-bond donors (Lipinski definition) is 1. The molecule has 2 aromatic carbocycles. The number of sulfonamides is 1. The number of piperidine rings is 1. The molecule has 1 saturated heterocycles. The van der Waals surface area contributed by atoms with Crippen molar-refractivity contribution in [2.75, 3.05) is 38.2 Å². The molecule has 38 heavy (non-hydrogen) atoms. The SMILES string of the molecule is CCOc1cc(-c2nnc(NC(=O)C3CCCN(S(=O)(=O)c4ccccc4)C3)o2)cc(OCC)c1OCC. The van der Waals surface area contributed by atoms with Crippen LogP contribution in [0.5, 0.6) is 17.2 Å². The summed E-state index contributed by atoms with van der Waals surface area (Å²) in [6, 6.07) is 11.5. The molecule has 1 amide bonds. The molecule has 0 aliphatic carbocycles. The van der Waals surface area contributed by atoms with Crippen molar-refractivity contribution in [1.29, 1.82) is 0 Å². The third kappa shape index (κ3) is 6.08. The molecular formula is C26H32N4O7S. The van der Waals surface area contributed by atoms with E-state index < -0.39 is 15.9 Å². The van der Waals surface area contributed by atoms with E-state index in [4.69, 9.17) is 18.6 Å². The molecule has 3 aromatic rings. The van der Waals surface area contributed by atoms with Crippen LogP contribution in [-0.2, 0) is 14.8 Å². The van der Waals surface area contributed by atoms with Gasteiger partial charge in [-0.3, -0.25) is 10.1 Å². The number of benzene rings is 2. The monoisotopic (exact) mass is 544 g/mol. The highest BCUT2D eigenvalue weighted by Gasteiger charge is 2.34. The topological polar surface area (TPSA) is 133 Å². The molecule has 1 atom stereocenters. The van der Waals surface area contributed by atoms with Gasteiger partial charge in [0.05, 0.1) is 30.6 Å². The van der Waals surface area contributed by atoms with Crippen molar-refractivity contribution in [1.82, 2.24) is 14.5 Å². The molecule has 1 N–H and O–H groups in total. The van der Waals surface area contributed by atoms with E-state index in [-0.39, 0.29) is 29.3 Å². The largest absolute Gasteiger partial charge is 0.490 e. The zero-order valence-corrected chi connectivity index (χ0v) is 22.5. The second kappa shape index (κ2) is 12.3. The Morgan fingerprint density at radius 3 is 2.32 bits per heavy atom. The number of ether oxygens (including phenoxy) is 3. The lowest BCUT2D eigenvalue weighted by molar-refractivity contribution is -0.121. The average Bonchev–Trinajstić information content (AvgIpc) is 3.39. The molecule has 11 nitrogen and oxygen atoms in total. The molecule has 204 valence electrons. The van der Waals surface area contributed by atoms with Crippen LogP contribution >= 0.6 is 0 Å². The number of amides is 1. The molecule has 1 aliphatic rings. The van der Waals surface area contributed by atoms with Gasteiger partial charge in [0.15, 0.2) is 11.5 Å². The van der Waals surface area contributed by atoms with Crippen molar-refractivity contribution in [2.24, 2.45) is 5.92 Å². The highest BCUT2D eigenvalue weighted by atomic mass is 32.2.